The molecule has 3 fully saturated rings. The number of fused-ring (bicyclic) bond motifs is 1. The summed E-state index contributed by atoms with van der Waals surface area (Å²) in [6.07, 6.45) is 2.94. The van der Waals surface area contributed by atoms with E-state index in [-0.39, 0.29) is 62.8 Å². The van der Waals surface area contributed by atoms with Crippen LogP contribution in [0.4, 0.5) is 11.4 Å². The number of benzene rings is 2. The molecule has 3 aliphatic rings. The molecule has 15 nitrogen and oxygen atoms in total. The quantitative estimate of drug-likeness (QED) is 0.121. The Morgan fingerprint density at radius 2 is 1.34 bits per heavy atom. The van der Waals surface area contributed by atoms with Crippen molar-refractivity contribution in [1.29, 1.82) is 10.5 Å². The largest absolute Gasteiger partial charge is 1.00 e. The summed E-state index contributed by atoms with van der Waals surface area (Å²) < 4.78 is 52.7. The Morgan fingerprint density at radius 1 is 0.878 bits per heavy atom. The predicted octanol–water partition coefficient (Wildman–Crippen LogP) is -1.39. The summed E-state index contributed by atoms with van der Waals surface area (Å²) in [4.78, 5) is 20.0. The summed E-state index contributed by atoms with van der Waals surface area (Å²) in [5, 5.41) is 39.1. The average Bonchev–Trinajstić information content (AvgIpc) is 3.23. The molecule has 0 radical (unpaired) electrons. The fourth-order valence-electron chi connectivity index (χ4n) is 4.66. The van der Waals surface area contributed by atoms with Crippen molar-refractivity contribution in [2.24, 2.45) is 5.92 Å². The van der Waals surface area contributed by atoms with Crippen molar-refractivity contribution < 1.29 is 56.2 Å². The number of hydrogen-bond donors (Lipinski definition) is 2. The molecule has 1 saturated carbocycles. The standard InChI is InChI=1S/C11H12N4O4S.C11H12N2O4S.CN.Na/c12-5-8-6-13-7-11(8)14-20(18,19)10-3-1-9(2-4-10)15(16)17;14-13(15)8-4-6-9(7-5-8)18(16,17)12-10-2-1-3-11(10)12;1-2;/h1-4,8,11,13-14H,6-7H2;4-7,10-11H,1-3H2;;/q;;-1;+1/t8-,11-;;;/m1.../s1. The first kappa shape index (κ1) is 34.2. The second-order valence-corrected chi connectivity index (χ2v) is 12.6. The molecule has 0 spiro atoms. The van der Waals surface area contributed by atoms with Crippen LogP contribution in [-0.2, 0) is 20.0 Å². The number of piperidine rings is 1. The van der Waals surface area contributed by atoms with E-state index in [9.17, 15) is 37.1 Å². The summed E-state index contributed by atoms with van der Waals surface area (Å²) >= 11 is 0. The molecular formula is C23H24N7NaO8S2. The molecule has 2 unspecified atom stereocenters. The minimum absolute atomic E-state index is 0. The Morgan fingerprint density at radius 3 is 1.78 bits per heavy atom. The third-order valence-corrected chi connectivity index (χ3v) is 10.1. The molecule has 2 N–H and O–H groups in total. The number of hydrogen-bond acceptors (Lipinski definition) is 11. The number of nitrogens with one attached hydrogen (secondary N) is 2. The smallest absolute Gasteiger partial charge is 0.512 e. The van der Waals surface area contributed by atoms with Gasteiger partial charge in [-0.15, -0.1) is 0 Å². The van der Waals surface area contributed by atoms with Gasteiger partial charge in [-0.05, 0) is 37.1 Å². The van der Waals surface area contributed by atoms with Crippen LogP contribution in [0, 0.1) is 49.3 Å². The fourth-order valence-corrected chi connectivity index (χ4v) is 7.81. The van der Waals surface area contributed by atoms with Gasteiger partial charge in [-0.25, -0.2) is 21.6 Å². The summed E-state index contributed by atoms with van der Waals surface area (Å²) in [5.41, 5.74) is -0.277. The number of nitriles is 1. The Balaban J connectivity index is 0.000000265. The van der Waals surface area contributed by atoms with Crippen molar-refractivity contribution in [2.45, 2.75) is 47.2 Å². The van der Waals surface area contributed by atoms with Crippen LogP contribution in [0.3, 0.4) is 0 Å². The second kappa shape index (κ2) is 14.3. The molecule has 4 atom stereocenters. The monoisotopic (exact) mass is 613 g/mol. The maximum absolute atomic E-state index is 12.2. The van der Waals surface area contributed by atoms with E-state index in [1.807, 2.05) is 6.07 Å². The summed E-state index contributed by atoms with van der Waals surface area (Å²) in [6.45, 7) is 5.56. The number of rotatable bonds is 7. The molecule has 2 aromatic carbocycles. The van der Waals surface area contributed by atoms with E-state index in [0.717, 1.165) is 31.4 Å². The molecule has 212 valence electrons. The summed E-state index contributed by atoms with van der Waals surface area (Å²) in [6, 6.07) is 11.5. The second-order valence-electron chi connectivity index (χ2n) is 9.02. The zero-order valence-corrected chi connectivity index (χ0v) is 25.4. The van der Waals surface area contributed by atoms with Gasteiger partial charge in [-0.2, -0.15) is 9.57 Å². The Hall–Kier alpha value is -3.00. The van der Waals surface area contributed by atoms with Crippen LogP contribution in [-0.4, -0.2) is 62.2 Å². The van der Waals surface area contributed by atoms with Crippen LogP contribution in [0.15, 0.2) is 58.3 Å². The van der Waals surface area contributed by atoms with Crippen molar-refractivity contribution in [2.75, 3.05) is 13.1 Å². The normalized spacial score (nSPS) is 24.1. The molecule has 5 rings (SSSR count). The number of sulfonamides is 2. The molecular weight excluding hydrogens is 589 g/mol. The van der Waals surface area contributed by atoms with E-state index in [2.05, 4.69) is 10.0 Å². The van der Waals surface area contributed by atoms with Gasteiger partial charge >= 0.3 is 29.6 Å². The van der Waals surface area contributed by atoms with Crippen LogP contribution in [0.1, 0.15) is 19.3 Å². The first-order chi connectivity index (χ1) is 19.0. The number of nitro benzene ring substituents is 2. The third-order valence-electron chi connectivity index (χ3n) is 6.68. The van der Waals surface area contributed by atoms with Crippen LogP contribution in [0.25, 0.3) is 0 Å². The third kappa shape index (κ3) is 7.85. The topological polar surface area (TPSA) is 229 Å². The van der Waals surface area contributed by atoms with Gasteiger partial charge in [-0.1, -0.05) is 6.42 Å². The molecule has 2 heterocycles. The van der Waals surface area contributed by atoms with E-state index in [0.29, 0.717) is 13.1 Å². The Labute approximate surface area is 258 Å². The van der Waals surface area contributed by atoms with E-state index < -0.39 is 41.9 Å². The van der Waals surface area contributed by atoms with E-state index >= 15 is 0 Å². The van der Waals surface area contributed by atoms with Crippen molar-refractivity contribution >= 4 is 31.4 Å². The number of nitrogens with zero attached hydrogens (tertiary/aromatic N) is 5. The molecule has 0 aromatic heterocycles. The zero-order chi connectivity index (χ0) is 29.7. The van der Waals surface area contributed by atoms with E-state index in [1.54, 1.807) is 0 Å². The maximum Gasteiger partial charge on any atom is 1.00 e. The van der Waals surface area contributed by atoms with Crippen LogP contribution < -0.4 is 39.6 Å². The van der Waals surface area contributed by atoms with Crippen LogP contribution >= 0.6 is 0 Å². The van der Waals surface area contributed by atoms with Crippen molar-refractivity contribution in [3.8, 4) is 6.07 Å². The van der Waals surface area contributed by atoms with Gasteiger partial charge in [0.2, 0.25) is 20.0 Å². The van der Waals surface area contributed by atoms with Crippen molar-refractivity contribution in [1.82, 2.24) is 14.3 Å². The first-order valence-corrected chi connectivity index (χ1v) is 14.8. The van der Waals surface area contributed by atoms with Gasteiger partial charge in [0.25, 0.3) is 11.4 Å². The van der Waals surface area contributed by atoms with Crippen molar-refractivity contribution in [3.05, 3.63) is 75.3 Å². The molecule has 1 aliphatic carbocycles. The molecule has 0 bridgehead atoms. The van der Waals surface area contributed by atoms with E-state index in [1.165, 1.54) is 40.7 Å². The minimum Gasteiger partial charge on any atom is -0.512 e. The van der Waals surface area contributed by atoms with Gasteiger partial charge < -0.3 is 17.2 Å². The SMILES string of the molecule is N#C[C@@H]1CNC[C@H]1NS(=O)(=O)c1ccc([N+](=O)[O-])cc1.O=[N+]([O-])c1ccc(S(=O)(=O)N2C3CCCC32)cc1.[C-]#N.[Na+]. The first-order valence-electron chi connectivity index (χ1n) is 11.8. The number of nitro groups is 2. The summed E-state index contributed by atoms with van der Waals surface area (Å²) in [7, 11) is -7.25. The fraction of sp³-hybridized carbons (Fsp3) is 0.391. The molecule has 41 heavy (non-hydrogen) atoms. The molecule has 2 aliphatic heterocycles. The molecule has 18 heteroatoms. The van der Waals surface area contributed by atoms with Gasteiger partial charge in [0, 0.05) is 49.4 Å². The number of non-ortho nitro benzene ring substituents is 2. The van der Waals surface area contributed by atoms with E-state index in [4.69, 9.17) is 17.1 Å². The molecule has 2 saturated heterocycles. The summed E-state index contributed by atoms with van der Waals surface area (Å²) in [5.74, 6) is -0.428. The Kier molecular flexibility index (Phi) is 11.9. The van der Waals surface area contributed by atoms with Gasteiger partial charge in [0.1, 0.15) is 0 Å². The Bertz CT molecular complexity index is 1520. The predicted molar refractivity (Wildman–Crippen MR) is 138 cm³/mol. The zero-order valence-electron chi connectivity index (χ0n) is 21.8. The van der Waals surface area contributed by atoms with Gasteiger partial charge in [-0.3, -0.25) is 20.2 Å². The van der Waals surface area contributed by atoms with Crippen molar-refractivity contribution in [3.63, 3.8) is 0 Å². The molecule has 0 amide bonds. The minimum atomic E-state index is -3.79. The van der Waals surface area contributed by atoms with Gasteiger partial charge in [0.05, 0.1) is 37.7 Å². The molecule has 2 aromatic rings. The van der Waals surface area contributed by atoms with Gasteiger partial charge in [0.15, 0.2) is 0 Å². The van der Waals surface area contributed by atoms with Crippen LogP contribution in [0.2, 0.25) is 0 Å². The average molecular weight is 614 g/mol. The maximum atomic E-state index is 12.2. The van der Waals surface area contributed by atoms with Crippen LogP contribution in [0.5, 0.6) is 0 Å².